The Bertz CT molecular complexity index is 600. The smallest absolute Gasteiger partial charge is 0.322 e. The van der Waals surface area contributed by atoms with Gasteiger partial charge in [0.1, 0.15) is 17.2 Å². The lowest BCUT2D eigenvalue weighted by Gasteiger charge is -2.31. The van der Waals surface area contributed by atoms with Gasteiger partial charge in [-0.3, -0.25) is 9.69 Å². The van der Waals surface area contributed by atoms with Gasteiger partial charge < -0.3 is 10.6 Å². The van der Waals surface area contributed by atoms with Crippen LogP contribution in [0, 0.1) is 11.6 Å². The molecule has 3 amide bonds. The van der Waals surface area contributed by atoms with Crippen LogP contribution in [0.15, 0.2) is 18.2 Å². The Labute approximate surface area is 120 Å². The highest BCUT2D eigenvalue weighted by Crippen LogP contribution is 2.26. The molecule has 0 aromatic heterocycles. The molecule has 0 saturated carbocycles. The topological polar surface area (TPSA) is 61.4 Å². The van der Waals surface area contributed by atoms with E-state index >= 15 is 0 Å². The van der Waals surface area contributed by atoms with Crippen molar-refractivity contribution in [1.82, 2.24) is 15.5 Å². The summed E-state index contributed by atoms with van der Waals surface area (Å²) in [6.07, 6.45) is 1.34. The van der Waals surface area contributed by atoms with E-state index in [-0.39, 0.29) is 18.0 Å². The van der Waals surface area contributed by atoms with E-state index in [4.69, 9.17) is 0 Å². The lowest BCUT2D eigenvalue weighted by atomic mass is 9.90. The third kappa shape index (κ3) is 2.37. The van der Waals surface area contributed by atoms with Crippen molar-refractivity contribution in [2.75, 3.05) is 13.1 Å². The van der Waals surface area contributed by atoms with E-state index in [0.29, 0.717) is 13.0 Å². The fourth-order valence-electron chi connectivity index (χ4n) is 2.83. The Kier molecular flexibility index (Phi) is 3.36. The van der Waals surface area contributed by atoms with Gasteiger partial charge in [-0.25, -0.2) is 13.6 Å². The molecule has 112 valence electrons. The molecule has 1 spiro atoms. The van der Waals surface area contributed by atoms with Gasteiger partial charge in [-0.05, 0) is 25.5 Å². The number of nitrogens with zero attached hydrogens (tertiary/aromatic N) is 1. The molecule has 7 heteroatoms. The number of urea groups is 1. The molecule has 1 unspecified atom stereocenters. The largest absolute Gasteiger partial charge is 0.325 e. The molecule has 2 aliphatic heterocycles. The number of nitrogens with one attached hydrogen (secondary N) is 2. The van der Waals surface area contributed by atoms with Gasteiger partial charge in [-0.1, -0.05) is 6.07 Å². The summed E-state index contributed by atoms with van der Waals surface area (Å²) in [5.74, 6) is -1.82. The van der Waals surface area contributed by atoms with Crippen molar-refractivity contribution >= 4 is 11.9 Å². The number of hydrogen-bond donors (Lipinski definition) is 2. The van der Waals surface area contributed by atoms with Gasteiger partial charge in [0.15, 0.2) is 0 Å². The standard InChI is InChI=1S/C14H15F2N3O2/c15-10-3-2-9(11(16)6-10)7-19-12(20)14(18-13(19)21)4-1-5-17-8-14/h2-3,6,17H,1,4-5,7-8H2,(H,18,21). The first-order valence-electron chi connectivity index (χ1n) is 6.81. The van der Waals surface area contributed by atoms with Gasteiger partial charge in [0.25, 0.3) is 5.91 Å². The number of benzene rings is 1. The normalized spacial score (nSPS) is 25.5. The van der Waals surface area contributed by atoms with Crippen LogP contribution in [-0.2, 0) is 11.3 Å². The van der Waals surface area contributed by atoms with Gasteiger partial charge in [-0.15, -0.1) is 0 Å². The summed E-state index contributed by atoms with van der Waals surface area (Å²) in [4.78, 5) is 25.5. The number of halogens is 2. The molecule has 0 aliphatic carbocycles. The maximum Gasteiger partial charge on any atom is 0.325 e. The second kappa shape index (κ2) is 5.07. The molecule has 1 aromatic carbocycles. The number of hydrogen-bond acceptors (Lipinski definition) is 3. The van der Waals surface area contributed by atoms with Gasteiger partial charge in [-0.2, -0.15) is 0 Å². The quantitative estimate of drug-likeness (QED) is 0.804. The zero-order chi connectivity index (χ0) is 15.0. The lowest BCUT2D eigenvalue weighted by Crippen LogP contribution is -2.57. The Morgan fingerprint density at radius 2 is 2.10 bits per heavy atom. The number of amides is 3. The number of rotatable bonds is 2. The maximum atomic E-state index is 13.7. The van der Waals surface area contributed by atoms with Crippen molar-refractivity contribution in [3.63, 3.8) is 0 Å². The molecular weight excluding hydrogens is 280 g/mol. The van der Waals surface area contributed by atoms with Crippen LogP contribution in [0.25, 0.3) is 0 Å². The Balaban J connectivity index is 1.82. The minimum absolute atomic E-state index is 0.112. The van der Waals surface area contributed by atoms with Crippen LogP contribution in [-0.4, -0.2) is 35.5 Å². The number of carbonyl (C=O) groups excluding carboxylic acids is 2. The van der Waals surface area contributed by atoms with E-state index in [2.05, 4.69) is 10.6 Å². The van der Waals surface area contributed by atoms with Crippen LogP contribution in [0.4, 0.5) is 13.6 Å². The second-order valence-corrected chi connectivity index (χ2v) is 5.42. The fourth-order valence-corrected chi connectivity index (χ4v) is 2.83. The highest BCUT2D eigenvalue weighted by Gasteiger charge is 2.51. The van der Waals surface area contributed by atoms with Crippen molar-refractivity contribution in [2.45, 2.75) is 24.9 Å². The molecule has 5 nitrogen and oxygen atoms in total. The predicted molar refractivity (Wildman–Crippen MR) is 70.3 cm³/mol. The first kappa shape index (κ1) is 13.9. The van der Waals surface area contributed by atoms with E-state index in [9.17, 15) is 18.4 Å². The summed E-state index contributed by atoms with van der Waals surface area (Å²) < 4.78 is 26.6. The molecule has 2 fully saturated rings. The highest BCUT2D eigenvalue weighted by molar-refractivity contribution is 6.07. The average molecular weight is 295 g/mol. The van der Waals surface area contributed by atoms with Crippen LogP contribution in [0.3, 0.4) is 0 Å². The van der Waals surface area contributed by atoms with Crippen molar-refractivity contribution in [3.8, 4) is 0 Å². The average Bonchev–Trinajstić information content (AvgIpc) is 2.67. The molecule has 2 aliphatic rings. The van der Waals surface area contributed by atoms with Crippen molar-refractivity contribution in [3.05, 3.63) is 35.4 Å². The molecule has 2 heterocycles. The van der Waals surface area contributed by atoms with E-state index in [0.717, 1.165) is 30.0 Å². The fraction of sp³-hybridized carbons (Fsp3) is 0.429. The zero-order valence-corrected chi connectivity index (χ0v) is 11.3. The SMILES string of the molecule is O=C1NC2(CCCNC2)C(=O)N1Cc1ccc(F)cc1F. The molecule has 1 atom stereocenters. The molecule has 1 aromatic rings. The first-order valence-corrected chi connectivity index (χ1v) is 6.81. The van der Waals surface area contributed by atoms with Gasteiger partial charge in [0, 0.05) is 18.2 Å². The van der Waals surface area contributed by atoms with Crippen LogP contribution >= 0.6 is 0 Å². The van der Waals surface area contributed by atoms with Crippen molar-refractivity contribution in [1.29, 1.82) is 0 Å². The summed E-state index contributed by atoms with van der Waals surface area (Å²) in [6.45, 7) is 0.982. The third-order valence-electron chi connectivity index (χ3n) is 3.97. The lowest BCUT2D eigenvalue weighted by molar-refractivity contribution is -0.132. The Hall–Kier alpha value is -2.02. The van der Waals surface area contributed by atoms with Gasteiger partial charge in [0.05, 0.1) is 6.54 Å². The monoisotopic (exact) mass is 295 g/mol. The van der Waals surface area contributed by atoms with Crippen LogP contribution in [0.5, 0.6) is 0 Å². The highest BCUT2D eigenvalue weighted by atomic mass is 19.1. The molecular formula is C14H15F2N3O2. The molecule has 2 saturated heterocycles. The Morgan fingerprint density at radius 1 is 1.29 bits per heavy atom. The van der Waals surface area contributed by atoms with Crippen molar-refractivity contribution < 1.29 is 18.4 Å². The van der Waals surface area contributed by atoms with E-state index in [1.807, 2.05) is 0 Å². The van der Waals surface area contributed by atoms with Crippen molar-refractivity contribution in [2.24, 2.45) is 0 Å². The molecule has 0 radical (unpaired) electrons. The predicted octanol–water partition coefficient (Wildman–Crippen LogP) is 1.14. The number of carbonyl (C=O) groups is 2. The number of piperidine rings is 1. The van der Waals surface area contributed by atoms with Crippen LogP contribution < -0.4 is 10.6 Å². The zero-order valence-electron chi connectivity index (χ0n) is 11.3. The first-order chi connectivity index (χ1) is 10.0. The molecule has 3 rings (SSSR count). The summed E-state index contributed by atoms with van der Waals surface area (Å²) >= 11 is 0. The van der Waals surface area contributed by atoms with Gasteiger partial charge in [0.2, 0.25) is 0 Å². The molecule has 2 N–H and O–H groups in total. The molecule has 0 bridgehead atoms. The van der Waals surface area contributed by atoms with E-state index < -0.39 is 23.2 Å². The third-order valence-corrected chi connectivity index (χ3v) is 3.97. The van der Waals surface area contributed by atoms with E-state index in [1.54, 1.807) is 0 Å². The Morgan fingerprint density at radius 3 is 2.76 bits per heavy atom. The molecule has 21 heavy (non-hydrogen) atoms. The summed E-state index contributed by atoms with van der Waals surface area (Å²) in [5, 5.41) is 5.78. The second-order valence-electron chi connectivity index (χ2n) is 5.42. The summed E-state index contributed by atoms with van der Waals surface area (Å²) in [6, 6.07) is 2.56. The summed E-state index contributed by atoms with van der Waals surface area (Å²) in [5.41, 5.74) is -0.813. The van der Waals surface area contributed by atoms with Gasteiger partial charge >= 0.3 is 6.03 Å². The number of imide groups is 1. The van der Waals surface area contributed by atoms with E-state index in [1.165, 1.54) is 6.07 Å². The minimum Gasteiger partial charge on any atom is -0.322 e. The maximum absolute atomic E-state index is 13.7. The minimum atomic E-state index is -0.925. The summed E-state index contributed by atoms with van der Waals surface area (Å²) in [7, 11) is 0. The van der Waals surface area contributed by atoms with Crippen LogP contribution in [0.2, 0.25) is 0 Å². The van der Waals surface area contributed by atoms with Crippen LogP contribution in [0.1, 0.15) is 18.4 Å².